The van der Waals surface area contributed by atoms with Gasteiger partial charge in [0.1, 0.15) is 0 Å². The van der Waals surface area contributed by atoms with Gasteiger partial charge in [-0.25, -0.2) is 0 Å². The Morgan fingerprint density at radius 2 is 0.569 bits per heavy atom. The van der Waals surface area contributed by atoms with Crippen LogP contribution in [-0.4, -0.2) is 0 Å². The molecule has 0 aliphatic heterocycles. The Labute approximate surface area is 420 Å². The van der Waals surface area contributed by atoms with Crippen molar-refractivity contribution in [1.29, 1.82) is 0 Å². The predicted molar refractivity (Wildman–Crippen MR) is 312 cm³/mol. The Balaban J connectivity index is 1.04. The van der Waals surface area contributed by atoms with Crippen LogP contribution in [0.15, 0.2) is 267 Å². The lowest BCUT2D eigenvalue weighted by atomic mass is 9.80. The maximum Gasteiger partial charge on any atom is -0.00139 e. The molecule has 0 nitrogen and oxygen atoms in total. The van der Waals surface area contributed by atoms with Gasteiger partial charge in [0.05, 0.1) is 0 Å². The van der Waals surface area contributed by atoms with Crippen molar-refractivity contribution in [2.75, 3.05) is 0 Å². The van der Waals surface area contributed by atoms with Gasteiger partial charge in [0.2, 0.25) is 0 Å². The second-order valence-electron chi connectivity index (χ2n) is 18.7. The van der Waals surface area contributed by atoms with E-state index >= 15 is 0 Å². The van der Waals surface area contributed by atoms with Crippen molar-refractivity contribution in [2.45, 2.75) is 0 Å². The monoisotopic (exact) mass is 912 g/mol. The van der Waals surface area contributed by atoms with E-state index in [1.807, 2.05) is 0 Å². The second kappa shape index (κ2) is 18.5. The molecule has 0 radical (unpaired) electrons. The summed E-state index contributed by atoms with van der Waals surface area (Å²) in [7, 11) is 0. The highest BCUT2D eigenvalue weighted by atomic mass is 14.3. The molecule has 13 rings (SSSR count). The SMILES string of the molecule is C(=Cc1cccc(-c2cccc3c(-c4c5ccccc5c(-c5cccc6c(-c7cccc(C=Cc8ccccc8)c7)cccc56)c5c(-c6ccc7ccccc7c6)cccc45)cccc23)c1)c1ccccc1. The Kier molecular flexibility index (Phi) is 11.0. The molecule has 0 saturated heterocycles. The lowest BCUT2D eigenvalue weighted by Gasteiger charge is -2.22. The van der Waals surface area contributed by atoms with Crippen molar-refractivity contribution in [3.63, 3.8) is 0 Å². The molecule has 0 fully saturated rings. The molecule has 0 aliphatic carbocycles. The largest absolute Gasteiger partial charge is 0.0622 e. The topological polar surface area (TPSA) is 0 Å². The molecule has 0 aliphatic rings. The molecule has 0 heterocycles. The van der Waals surface area contributed by atoms with Gasteiger partial charge < -0.3 is 0 Å². The van der Waals surface area contributed by atoms with E-state index in [1.165, 1.54) is 132 Å². The summed E-state index contributed by atoms with van der Waals surface area (Å²) in [6.45, 7) is 0. The highest BCUT2D eigenvalue weighted by Gasteiger charge is 2.23. The van der Waals surface area contributed by atoms with Crippen molar-refractivity contribution < 1.29 is 0 Å². The molecule has 0 saturated carbocycles. The third-order valence-electron chi connectivity index (χ3n) is 14.4. The summed E-state index contributed by atoms with van der Waals surface area (Å²) in [4.78, 5) is 0. The van der Waals surface area contributed by atoms with Crippen LogP contribution < -0.4 is 0 Å². The minimum absolute atomic E-state index is 1.17. The number of benzene rings is 13. The summed E-state index contributed by atoms with van der Waals surface area (Å²) in [6, 6.07) is 98.0. The summed E-state index contributed by atoms with van der Waals surface area (Å²) < 4.78 is 0. The second-order valence-corrected chi connectivity index (χ2v) is 18.7. The fraction of sp³-hybridized carbons (Fsp3) is 0. The van der Waals surface area contributed by atoms with Crippen LogP contribution in [0.25, 0.3) is 134 Å². The maximum absolute atomic E-state index is 2.37. The average molecular weight is 913 g/mol. The smallest absolute Gasteiger partial charge is 0.00139 e. The van der Waals surface area contributed by atoms with E-state index in [0.29, 0.717) is 0 Å². The van der Waals surface area contributed by atoms with E-state index in [-0.39, 0.29) is 0 Å². The first-order valence-electron chi connectivity index (χ1n) is 24.9. The lowest BCUT2D eigenvalue weighted by Crippen LogP contribution is -1.95. The first kappa shape index (κ1) is 42.7. The van der Waals surface area contributed by atoms with Crippen LogP contribution in [0, 0.1) is 0 Å². The third-order valence-corrected chi connectivity index (χ3v) is 14.4. The first-order valence-corrected chi connectivity index (χ1v) is 24.9. The fourth-order valence-corrected chi connectivity index (χ4v) is 11.1. The minimum atomic E-state index is 1.17. The van der Waals surface area contributed by atoms with E-state index in [2.05, 4.69) is 291 Å². The Bertz CT molecular complexity index is 4250. The van der Waals surface area contributed by atoms with Crippen LogP contribution in [0.2, 0.25) is 0 Å². The first-order chi connectivity index (χ1) is 35.7. The van der Waals surface area contributed by atoms with Crippen LogP contribution in [0.3, 0.4) is 0 Å². The van der Waals surface area contributed by atoms with Gasteiger partial charge in [0.25, 0.3) is 0 Å². The molecule has 0 spiro atoms. The van der Waals surface area contributed by atoms with Crippen LogP contribution in [0.4, 0.5) is 0 Å². The van der Waals surface area contributed by atoms with Gasteiger partial charge in [-0.05, 0) is 150 Å². The standard InChI is InChI=1S/C72H48/c1-3-18-49(19-4-1)40-42-51-22-11-26-55(46-51)58-30-13-35-63-61(58)33-16-37-65(63)70-67-28-9-10-29-68(67)72(71-60(32-15-39-69(70)71)57-45-44-53-24-7-8-25-54(53)48-57)66-38-17-34-62-59(31-14-36-64(62)66)56-27-12-23-52(47-56)43-41-50-20-5-2-6-21-50/h1-48H. The zero-order chi connectivity index (χ0) is 47.8. The molecule has 0 unspecified atom stereocenters. The van der Waals surface area contributed by atoms with E-state index in [1.54, 1.807) is 0 Å². The van der Waals surface area contributed by atoms with Gasteiger partial charge in [-0.1, -0.05) is 273 Å². The number of hydrogen-bond acceptors (Lipinski definition) is 0. The molecular weight excluding hydrogens is 865 g/mol. The van der Waals surface area contributed by atoms with Gasteiger partial charge in [0, 0.05) is 0 Å². The normalized spacial score (nSPS) is 11.8. The van der Waals surface area contributed by atoms with Gasteiger partial charge in [-0.2, -0.15) is 0 Å². The quantitative estimate of drug-likeness (QED) is 0.1000. The van der Waals surface area contributed by atoms with Crippen LogP contribution in [0.5, 0.6) is 0 Å². The lowest BCUT2D eigenvalue weighted by molar-refractivity contribution is 1.61. The summed E-state index contributed by atoms with van der Waals surface area (Å²) in [5.41, 5.74) is 16.9. The Morgan fingerprint density at radius 3 is 1.14 bits per heavy atom. The van der Waals surface area contributed by atoms with Crippen molar-refractivity contribution >= 4 is 78.2 Å². The summed E-state index contributed by atoms with van der Waals surface area (Å²) in [6.07, 6.45) is 8.80. The molecule has 336 valence electrons. The maximum atomic E-state index is 2.37. The molecular formula is C72H48. The van der Waals surface area contributed by atoms with Crippen molar-refractivity contribution in [3.05, 3.63) is 289 Å². The molecule has 0 amide bonds. The zero-order valence-corrected chi connectivity index (χ0v) is 39.7. The van der Waals surface area contributed by atoms with Gasteiger partial charge in [0.15, 0.2) is 0 Å². The highest BCUT2D eigenvalue weighted by Crippen LogP contribution is 2.50. The van der Waals surface area contributed by atoms with Crippen molar-refractivity contribution in [2.24, 2.45) is 0 Å². The van der Waals surface area contributed by atoms with Gasteiger partial charge >= 0.3 is 0 Å². The van der Waals surface area contributed by atoms with E-state index in [0.717, 1.165) is 0 Å². The van der Waals surface area contributed by atoms with Gasteiger partial charge in [-0.3, -0.25) is 0 Å². The number of hydrogen-bond donors (Lipinski definition) is 0. The van der Waals surface area contributed by atoms with Crippen molar-refractivity contribution in [3.8, 4) is 55.6 Å². The zero-order valence-electron chi connectivity index (χ0n) is 39.7. The third kappa shape index (κ3) is 7.86. The average Bonchev–Trinajstić information content (AvgIpc) is 3.45. The van der Waals surface area contributed by atoms with Gasteiger partial charge in [-0.15, -0.1) is 0 Å². The van der Waals surface area contributed by atoms with Crippen LogP contribution in [-0.2, 0) is 0 Å². The molecule has 13 aromatic carbocycles. The van der Waals surface area contributed by atoms with Crippen LogP contribution in [0.1, 0.15) is 22.3 Å². The molecule has 72 heavy (non-hydrogen) atoms. The summed E-state index contributed by atoms with van der Waals surface area (Å²) >= 11 is 0. The van der Waals surface area contributed by atoms with Crippen molar-refractivity contribution in [1.82, 2.24) is 0 Å². The Hall–Kier alpha value is -9.36. The van der Waals surface area contributed by atoms with E-state index in [4.69, 9.17) is 0 Å². The number of fused-ring (bicyclic) bond motifs is 5. The van der Waals surface area contributed by atoms with E-state index in [9.17, 15) is 0 Å². The molecule has 0 heteroatoms. The summed E-state index contributed by atoms with van der Waals surface area (Å²) in [5.74, 6) is 0. The Morgan fingerprint density at radius 1 is 0.194 bits per heavy atom. The molecule has 0 N–H and O–H groups in total. The van der Waals surface area contributed by atoms with Crippen LogP contribution >= 0.6 is 0 Å². The number of rotatable bonds is 9. The molecule has 0 bridgehead atoms. The fourth-order valence-electron chi connectivity index (χ4n) is 11.1. The molecule has 0 aromatic heterocycles. The molecule has 13 aromatic rings. The van der Waals surface area contributed by atoms with E-state index < -0.39 is 0 Å². The highest BCUT2D eigenvalue weighted by molar-refractivity contribution is 6.28. The predicted octanol–water partition coefficient (Wildman–Crippen LogP) is 20.1. The minimum Gasteiger partial charge on any atom is -0.0622 e. The molecule has 0 atom stereocenters. The summed E-state index contributed by atoms with van der Waals surface area (Å²) in [5, 5.41) is 12.3.